The van der Waals surface area contributed by atoms with Crippen molar-refractivity contribution in [2.45, 2.75) is 13.5 Å². The predicted octanol–water partition coefficient (Wildman–Crippen LogP) is 2.29. The number of hydrogen-bond acceptors (Lipinski definition) is 2. The van der Waals surface area contributed by atoms with Gasteiger partial charge in [0.1, 0.15) is 0 Å². The smallest absolute Gasteiger partial charge is 0.187 e. The van der Waals surface area contributed by atoms with Crippen LogP contribution in [0.5, 0.6) is 0 Å². The summed E-state index contributed by atoms with van der Waals surface area (Å²) in [5, 5.41) is 9.70. The third-order valence-corrected chi connectivity index (χ3v) is 2.92. The van der Waals surface area contributed by atoms with E-state index in [-0.39, 0.29) is 12.0 Å². The van der Waals surface area contributed by atoms with E-state index in [1.807, 2.05) is 25.1 Å². The van der Waals surface area contributed by atoms with Crippen molar-refractivity contribution in [3.63, 3.8) is 0 Å². The number of hydrogen-bond donors (Lipinski definition) is 1. The van der Waals surface area contributed by atoms with E-state index >= 15 is 0 Å². The average molecular weight is 250 g/mol. The first-order chi connectivity index (χ1) is 8.13. The number of halogens is 1. The number of aromatic nitrogens is 1. The van der Waals surface area contributed by atoms with Gasteiger partial charge < -0.3 is 9.67 Å². The number of aliphatic hydroxyl groups is 1. The molecular weight excluding hydrogens is 238 g/mol. The summed E-state index contributed by atoms with van der Waals surface area (Å²) in [5.41, 5.74) is 1.77. The normalized spacial score (nSPS) is 10.5. The van der Waals surface area contributed by atoms with Crippen molar-refractivity contribution < 1.29 is 5.11 Å². The van der Waals surface area contributed by atoms with E-state index in [2.05, 4.69) is 0 Å². The van der Waals surface area contributed by atoms with Gasteiger partial charge in [0.2, 0.25) is 0 Å². The molecule has 0 saturated carbocycles. The van der Waals surface area contributed by atoms with Crippen LogP contribution in [0.15, 0.2) is 41.3 Å². The topological polar surface area (TPSA) is 42.2 Å². The molecule has 0 bridgehead atoms. The lowest BCUT2D eigenvalue weighted by Crippen LogP contribution is -2.14. The van der Waals surface area contributed by atoms with Crippen molar-refractivity contribution in [3.05, 3.63) is 63.0 Å². The monoisotopic (exact) mass is 249 g/mol. The molecular formula is C13H12ClNO2. The highest BCUT2D eigenvalue weighted by atomic mass is 35.5. The van der Waals surface area contributed by atoms with Crippen LogP contribution < -0.4 is 5.43 Å². The van der Waals surface area contributed by atoms with Crippen LogP contribution in [0.1, 0.15) is 11.3 Å². The summed E-state index contributed by atoms with van der Waals surface area (Å²) in [7, 11) is 0. The Kier molecular flexibility index (Phi) is 3.31. The molecule has 1 N–H and O–H groups in total. The minimum atomic E-state index is -0.274. The molecule has 1 heterocycles. The lowest BCUT2D eigenvalue weighted by molar-refractivity contribution is 0.280. The minimum absolute atomic E-state index is 0.159. The fourth-order valence-electron chi connectivity index (χ4n) is 1.70. The number of aliphatic hydroxyl groups excluding tert-OH is 1. The highest BCUT2D eigenvalue weighted by molar-refractivity contribution is 6.32. The molecule has 0 atom stereocenters. The van der Waals surface area contributed by atoms with Gasteiger partial charge in [-0.15, -0.1) is 0 Å². The first-order valence-corrected chi connectivity index (χ1v) is 5.59. The fraction of sp³-hybridized carbons (Fsp3) is 0.154. The van der Waals surface area contributed by atoms with E-state index in [1.54, 1.807) is 16.8 Å². The van der Waals surface area contributed by atoms with Gasteiger partial charge in [0.05, 0.1) is 17.3 Å². The van der Waals surface area contributed by atoms with Gasteiger partial charge in [-0.3, -0.25) is 4.79 Å². The van der Waals surface area contributed by atoms with E-state index < -0.39 is 0 Å². The van der Waals surface area contributed by atoms with Gasteiger partial charge in [-0.1, -0.05) is 23.7 Å². The summed E-state index contributed by atoms with van der Waals surface area (Å²) in [6.45, 7) is 1.55. The average Bonchev–Trinajstić information content (AvgIpc) is 2.31. The van der Waals surface area contributed by atoms with Gasteiger partial charge in [0, 0.05) is 23.5 Å². The van der Waals surface area contributed by atoms with Gasteiger partial charge in [-0.2, -0.15) is 0 Å². The fourth-order valence-corrected chi connectivity index (χ4v) is 1.93. The number of aryl methyl sites for hydroxylation is 1. The zero-order valence-corrected chi connectivity index (χ0v) is 10.1. The predicted molar refractivity (Wildman–Crippen MR) is 67.7 cm³/mol. The zero-order valence-electron chi connectivity index (χ0n) is 9.35. The molecule has 0 unspecified atom stereocenters. The SMILES string of the molecule is Cc1cc(=O)c(CO)cn1-c1ccccc1Cl. The number of rotatable bonds is 2. The largest absolute Gasteiger partial charge is 0.391 e. The molecule has 0 radical (unpaired) electrons. The first-order valence-electron chi connectivity index (χ1n) is 5.21. The zero-order chi connectivity index (χ0) is 12.4. The lowest BCUT2D eigenvalue weighted by Gasteiger charge is -2.13. The molecule has 0 saturated heterocycles. The van der Waals surface area contributed by atoms with E-state index in [0.29, 0.717) is 10.6 Å². The molecule has 0 spiro atoms. The molecule has 0 aliphatic heterocycles. The van der Waals surface area contributed by atoms with Crippen molar-refractivity contribution in [2.75, 3.05) is 0 Å². The minimum Gasteiger partial charge on any atom is -0.391 e. The Bertz CT molecular complexity index is 605. The van der Waals surface area contributed by atoms with Crippen LogP contribution in [0.3, 0.4) is 0 Å². The van der Waals surface area contributed by atoms with Crippen molar-refractivity contribution in [1.82, 2.24) is 4.57 Å². The Hall–Kier alpha value is -1.58. The van der Waals surface area contributed by atoms with Crippen LogP contribution in [0.2, 0.25) is 5.02 Å². The van der Waals surface area contributed by atoms with Gasteiger partial charge in [-0.05, 0) is 19.1 Å². The molecule has 1 aromatic heterocycles. The lowest BCUT2D eigenvalue weighted by atomic mass is 10.2. The highest BCUT2D eigenvalue weighted by Gasteiger charge is 2.07. The van der Waals surface area contributed by atoms with E-state index in [9.17, 15) is 4.79 Å². The van der Waals surface area contributed by atoms with Crippen molar-refractivity contribution in [1.29, 1.82) is 0 Å². The van der Waals surface area contributed by atoms with Crippen molar-refractivity contribution in [2.24, 2.45) is 0 Å². The molecule has 0 amide bonds. The quantitative estimate of drug-likeness (QED) is 0.887. The van der Waals surface area contributed by atoms with Crippen LogP contribution in [-0.2, 0) is 6.61 Å². The number of nitrogens with zero attached hydrogens (tertiary/aromatic N) is 1. The second-order valence-corrected chi connectivity index (χ2v) is 4.19. The second kappa shape index (κ2) is 4.73. The Balaban J connectivity index is 2.68. The van der Waals surface area contributed by atoms with Crippen LogP contribution in [0.25, 0.3) is 5.69 Å². The summed E-state index contributed by atoms with van der Waals surface area (Å²) in [6.07, 6.45) is 1.62. The second-order valence-electron chi connectivity index (χ2n) is 3.78. The highest BCUT2D eigenvalue weighted by Crippen LogP contribution is 2.20. The third kappa shape index (κ3) is 2.25. The molecule has 17 heavy (non-hydrogen) atoms. The molecule has 1 aromatic carbocycles. The van der Waals surface area contributed by atoms with E-state index in [1.165, 1.54) is 6.07 Å². The number of pyridine rings is 1. The van der Waals surface area contributed by atoms with Crippen molar-refractivity contribution in [3.8, 4) is 5.69 Å². The van der Waals surface area contributed by atoms with E-state index in [4.69, 9.17) is 16.7 Å². The summed E-state index contributed by atoms with van der Waals surface area (Å²) >= 11 is 6.10. The molecule has 88 valence electrons. The Morgan fingerprint density at radius 1 is 1.35 bits per heavy atom. The molecule has 0 fully saturated rings. The maximum atomic E-state index is 11.5. The summed E-state index contributed by atoms with van der Waals surface area (Å²) < 4.78 is 1.80. The van der Waals surface area contributed by atoms with Gasteiger partial charge >= 0.3 is 0 Å². The number of benzene rings is 1. The van der Waals surface area contributed by atoms with Crippen LogP contribution in [-0.4, -0.2) is 9.67 Å². The Morgan fingerprint density at radius 2 is 2.06 bits per heavy atom. The number of para-hydroxylation sites is 1. The van der Waals surface area contributed by atoms with E-state index in [0.717, 1.165) is 11.4 Å². The third-order valence-electron chi connectivity index (χ3n) is 2.60. The molecule has 2 rings (SSSR count). The Labute approximate surface area is 104 Å². The summed E-state index contributed by atoms with van der Waals surface area (Å²) in [6, 6.07) is 8.86. The molecule has 0 aliphatic rings. The van der Waals surface area contributed by atoms with Crippen LogP contribution in [0.4, 0.5) is 0 Å². The van der Waals surface area contributed by atoms with Gasteiger partial charge in [0.25, 0.3) is 0 Å². The molecule has 3 nitrogen and oxygen atoms in total. The Morgan fingerprint density at radius 3 is 2.71 bits per heavy atom. The molecule has 2 aromatic rings. The maximum Gasteiger partial charge on any atom is 0.187 e. The van der Waals surface area contributed by atoms with Crippen LogP contribution >= 0.6 is 11.6 Å². The summed E-state index contributed by atoms with van der Waals surface area (Å²) in [4.78, 5) is 11.5. The van der Waals surface area contributed by atoms with Crippen LogP contribution in [0, 0.1) is 6.92 Å². The molecule has 0 aliphatic carbocycles. The summed E-state index contributed by atoms with van der Waals surface area (Å²) in [5.74, 6) is 0. The van der Waals surface area contributed by atoms with Gasteiger partial charge in [-0.25, -0.2) is 0 Å². The standard InChI is InChI=1S/C13H12ClNO2/c1-9-6-13(17)10(8-16)7-15(9)12-5-3-2-4-11(12)14/h2-7,16H,8H2,1H3. The van der Waals surface area contributed by atoms with Gasteiger partial charge in [0.15, 0.2) is 5.43 Å². The molecule has 4 heteroatoms. The maximum absolute atomic E-state index is 11.5. The first kappa shape index (κ1) is 11.9. The van der Waals surface area contributed by atoms with Crippen molar-refractivity contribution >= 4 is 11.6 Å².